The standard InChI is InChI=1S/C21H23F3N2O3/c1-3-18(27)20-17(5-4-6-19(20)28)25-10-9-14-12(2)26-16-8-7-13(11-15(14)16)29-21(22,23)24/h7-8,11,26-27H,3-6,9-10H2,1-2H3/b20-18+,25-17?. The number of H-pyrrole nitrogens is 1. The molecule has 1 aliphatic carbocycles. The highest BCUT2D eigenvalue weighted by Crippen LogP contribution is 2.30. The summed E-state index contributed by atoms with van der Waals surface area (Å²) in [6, 6.07) is 4.19. The molecule has 2 aromatic rings. The molecular formula is C21H23F3N2O3. The number of allylic oxidation sites excluding steroid dienone is 2. The quantitative estimate of drug-likeness (QED) is 0.518. The number of carbonyl (C=O) groups is 1. The van der Waals surface area contributed by atoms with E-state index in [4.69, 9.17) is 0 Å². The van der Waals surface area contributed by atoms with Crippen molar-refractivity contribution >= 4 is 22.4 Å². The van der Waals surface area contributed by atoms with Crippen molar-refractivity contribution in [3.8, 4) is 5.75 Å². The van der Waals surface area contributed by atoms with Gasteiger partial charge in [0.05, 0.1) is 5.57 Å². The number of aromatic nitrogens is 1. The first kappa shape index (κ1) is 21.0. The summed E-state index contributed by atoms with van der Waals surface area (Å²) in [5.41, 5.74) is 3.35. The Balaban J connectivity index is 1.84. The van der Waals surface area contributed by atoms with Crippen LogP contribution in [0.4, 0.5) is 13.2 Å². The number of carbonyl (C=O) groups excluding carboxylic acids is 1. The number of aliphatic hydroxyl groups is 1. The van der Waals surface area contributed by atoms with Gasteiger partial charge in [-0.2, -0.15) is 0 Å². The van der Waals surface area contributed by atoms with Crippen molar-refractivity contribution < 1.29 is 27.8 Å². The fourth-order valence-corrected chi connectivity index (χ4v) is 3.67. The van der Waals surface area contributed by atoms with E-state index >= 15 is 0 Å². The Bertz CT molecular complexity index is 987. The van der Waals surface area contributed by atoms with Crippen LogP contribution in [0.2, 0.25) is 0 Å². The lowest BCUT2D eigenvalue weighted by molar-refractivity contribution is -0.274. The molecular weight excluding hydrogens is 385 g/mol. The van der Waals surface area contributed by atoms with E-state index in [1.54, 1.807) is 13.0 Å². The zero-order valence-corrected chi connectivity index (χ0v) is 16.3. The van der Waals surface area contributed by atoms with Gasteiger partial charge in [0.2, 0.25) is 0 Å². The van der Waals surface area contributed by atoms with Crippen LogP contribution in [0, 0.1) is 6.92 Å². The van der Waals surface area contributed by atoms with E-state index in [1.807, 2.05) is 6.92 Å². The number of nitrogens with one attached hydrogen (secondary N) is 1. The number of rotatable bonds is 5. The van der Waals surface area contributed by atoms with Crippen molar-refractivity contribution in [3.63, 3.8) is 0 Å². The first-order valence-corrected chi connectivity index (χ1v) is 9.55. The molecule has 1 aliphatic rings. The van der Waals surface area contributed by atoms with Gasteiger partial charge in [0, 0.05) is 41.7 Å². The summed E-state index contributed by atoms with van der Waals surface area (Å²) in [4.78, 5) is 19.9. The Kier molecular flexibility index (Phi) is 6.00. The fourth-order valence-electron chi connectivity index (χ4n) is 3.67. The molecule has 0 unspecified atom stereocenters. The molecule has 0 saturated heterocycles. The molecule has 0 bridgehead atoms. The van der Waals surface area contributed by atoms with Crippen LogP contribution in [0.3, 0.4) is 0 Å². The number of fused-ring (bicyclic) bond motifs is 1. The largest absolute Gasteiger partial charge is 0.573 e. The van der Waals surface area contributed by atoms with Gasteiger partial charge in [-0.3, -0.25) is 9.79 Å². The van der Waals surface area contributed by atoms with E-state index in [2.05, 4.69) is 14.7 Å². The smallest absolute Gasteiger partial charge is 0.512 e. The summed E-state index contributed by atoms with van der Waals surface area (Å²) >= 11 is 0. The normalized spacial score (nSPS) is 18.5. The van der Waals surface area contributed by atoms with Gasteiger partial charge >= 0.3 is 6.36 Å². The first-order valence-electron chi connectivity index (χ1n) is 9.55. The predicted molar refractivity (Wildman–Crippen MR) is 105 cm³/mol. The van der Waals surface area contributed by atoms with Crippen molar-refractivity contribution in [1.82, 2.24) is 4.98 Å². The maximum atomic E-state index is 12.5. The SMILES string of the molecule is CC/C(O)=C1\C(=O)CCCC1=NCCc1c(C)[nH]c2ccc(OC(F)(F)F)cc12. The van der Waals surface area contributed by atoms with Gasteiger partial charge in [0.15, 0.2) is 5.78 Å². The van der Waals surface area contributed by atoms with Gasteiger partial charge < -0.3 is 14.8 Å². The van der Waals surface area contributed by atoms with Crippen LogP contribution in [0.25, 0.3) is 10.9 Å². The highest BCUT2D eigenvalue weighted by Gasteiger charge is 2.31. The molecule has 8 heteroatoms. The predicted octanol–water partition coefficient (Wildman–Crippen LogP) is 5.33. The molecule has 3 rings (SSSR count). The molecule has 1 saturated carbocycles. The molecule has 29 heavy (non-hydrogen) atoms. The molecule has 0 spiro atoms. The number of aryl methyl sites for hydroxylation is 1. The number of aliphatic imine (C=N–C) groups is 1. The van der Waals surface area contributed by atoms with Crippen LogP contribution < -0.4 is 4.74 Å². The molecule has 1 aromatic heterocycles. The number of aromatic amines is 1. The van der Waals surface area contributed by atoms with Crippen LogP contribution in [0.15, 0.2) is 34.5 Å². The summed E-state index contributed by atoms with van der Waals surface area (Å²) in [6.45, 7) is 3.99. The Morgan fingerprint density at radius 2 is 2.07 bits per heavy atom. The van der Waals surface area contributed by atoms with Gasteiger partial charge in [0.25, 0.3) is 0 Å². The van der Waals surface area contributed by atoms with Gasteiger partial charge in [0.1, 0.15) is 11.5 Å². The topological polar surface area (TPSA) is 74.7 Å². The van der Waals surface area contributed by atoms with Crippen molar-refractivity contribution in [1.29, 1.82) is 0 Å². The Morgan fingerprint density at radius 3 is 2.76 bits per heavy atom. The Labute approximate surface area is 166 Å². The Hall–Kier alpha value is -2.77. The lowest BCUT2D eigenvalue weighted by atomic mass is 9.90. The van der Waals surface area contributed by atoms with Crippen LogP contribution >= 0.6 is 0 Å². The maximum Gasteiger partial charge on any atom is 0.573 e. The van der Waals surface area contributed by atoms with Crippen LogP contribution in [0.5, 0.6) is 5.75 Å². The van der Waals surface area contributed by atoms with E-state index in [0.29, 0.717) is 55.3 Å². The molecule has 1 heterocycles. The summed E-state index contributed by atoms with van der Waals surface area (Å²) in [6.07, 6.45) is -2.17. The monoisotopic (exact) mass is 408 g/mol. The summed E-state index contributed by atoms with van der Waals surface area (Å²) < 4.78 is 41.6. The highest BCUT2D eigenvalue weighted by molar-refractivity contribution is 6.24. The third-order valence-electron chi connectivity index (χ3n) is 5.00. The zero-order valence-electron chi connectivity index (χ0n) is 16.3. The third-order valence-corrected chi connectivity index (χ3v) is 5.00. The van der Waals surface area contributed by atoms with Crippen molar-refractivity contribution in [2.75, 3.05) is 6.54 Å². The van der Waals surface area contributed by atoms with Gasteiger partial charge in [-0.25, -0.2) is 0 Å². The maximum absolute atomic E-state index is 12.5. The zero-order chi connectivity index (χ0) is 21.2. The van der Waals surface area contributed by atoms with E-state index in [-0.39, 0.29) is 17.3 Å². The molecule has 0 aliphatic heterocycles. The minimum Gasteiger partial charge on any atom is -0.512 e. The third kappa shape index (κ3) is 4.81. The van der Waals surface area contributed by atoms with Crippen molar-refractivity contribution in [3.05, 3.63) is 40.8 Å². The van der Waals surface area contributed by atoms with E-state index in [0.717, 1.165) is 16.8 Å². The Morgan fingerprint density at radius 1 is 1.31 bits per heavy atom. The second kappa shape index (κ2) is 8.31. The van der Waals surface area contributed by atoms with Crippen LogP contribution in [-0.4, -0.2) is 34.5 Å². The number of halogens is 3. The number of Topliss-reactive ketones (excluding diaryl/α,β-unsaturated/α-hetero) is 1. The molecule has 156 valence electrons. The summed E-state index contributed by atoms with van der Waals surface area (Å²) in [5.74, 6) is -0.301. The van der Waals surface area contributed by atoms with Crippen molar-refractivity contribution in [2.45, 2.75) is 52.3 Å². The fraction of sp³-hybridized carbons (Fsp3) is 0.429. The number of alkyl halides is 3. The second-order valence-corrected chi connectivity index (χ2v) is 7.01. The average Bonchev–Trinajstić information content (AvgIpc) is 2.95. The number of ketones is 1. The van der Waals surface area contributed by atoms with E-state index < -0.39 is 6.36 Å². The second-order valence-electron chi connectivity index (χ2n) is 7.01. The van der Waals surface area contributed by atoms with Crippen molar-refractivity contribution in [2.24, 2.45) is 4.99 Å². The minimum atomic E-state index is -4.75. The molecule has 5 nitrogen and oxygen atoms in total. The van der Waals surface area contributed by atoms with Crippen LogP contribution in [0.1, 0.15) is 43.9 Å². The molecule has 1 aromatic carbocycles. The first-order chi connectivity index (χ1) is 13.7. The summed E-state index contributed by atoms with van der Waals surface area (Å²) in [5, 5.41) is 10.7. The van der Waals surface area contributed by atoms with E-state index in [1.165, 1.54) is 12.1 Å². The molecule has 2 N–H and O–H groups in total. The molecule has 1 fully saturated rings. The molecule has 0 amide bonds. The number of hydrogen-bond acceptors (Lipinski definition) is 4. The average molecular weight is 408 g/mol. The number of nitrogens with zero attached hydrogens (tertiary/aromatic N) is 1. The lowest BCUT2D eigenvalue weighted by Crippen LogP contribution is -2.21. The number of aliphatic hydroxyl groups excluding tert-OH is 1. The summed E-state index contributed by atoms with van der Waals surface area (Å²) in [7, 11) is 0. The van der Waals surface area contributed by atoms with Crippen LogP contribution in [-0.2, 0) is 11.2 Å². The number of hydrogen-bond donors (Lipinski definition) is 2. The van der Waals surface area contributed by atoms with E-state index in [9.17, 15) is 23.1 Å². The number of ether oxygens (including phenoxy) is 1. The van der Waals surface area contributed by atoms with Gasteiger partial charge in [-0.05, 0) is 49.9 Å². The van der Waals surface area contributed by atoms with Gasteiger partial charge in [-0.1, -0.05) is 6.92 Å². The lowest BCUT2D eigenvalue weighted by Gasteiger charge is -2.17. The highest BCUT2D eigenvalue weighted by atomic mass is 19.4. The van der Waals surface area contributed by atoms with Gasteiger partial charge in [-0.15, -0.1) is 13.2 Å². The number of benzene rings is 1. The molecule has 0 radical (unpaired) electrons. The molecule has 0 atom stereocenters. The minimum absolute atomic E-state index is 0.0608.